The average molecular weight is 293 g/mol. The van der Waals surface area contributed by atoms with Gasteiger partial charge < -0.3 is 19.5 Å². The lowest BCUT2D eigenvalue weighted by Crippen LogP contribution is -2.37. The molecule has 6 heteroatoms. The van der Waals surface area contributed by atoms with Gasteiger partial charge in [-0.2, -0.15) is 0 Å². The van der Waals surface area contributed by atoms with E-state index in [4.69, 9.17) is 14.2 Å². The molecule has 1 saturated carbocycles. The van der Waals surface area contributed by atoms with Gasteiger partial charge in [0.25, 0.3) is 5.91 Å². The zero-order chi connectivity index (χ0) is 15.4. The molecule has 21 heavy (non-hydrogen) atoms. The first-order valence-electron chi connectivity index (χ1n) is 6.78. The second-order valence-corrected chi connectivity index (χ2v) is 4.90. The van der Waals surface area contributed by atoms with Crippen LogP contribution in [0, 0.1) is 0 Å². The quantitative estimate of drug-likeness (QED) is 0.805. The van der Waals surface area contributed by atoms with Crippen LogP contribution in [0.5, 0.6) is 11.5 Å². The molecule has 2 rings (SSSR count). The number of carbonyl (C=O) groups excluding carboxylic acids is 2. The number of hydrogen-bond acceptors (Lipinski definition) is 5. The normalized spacial score (nSPS) is 15.0. The van der Waals surface area contributed by atoms with Crippen LogP contribution in [0.25, 0.3) is 0 Å². The van der Waals surface area contributed by atoms with E-state index in [1.54, 1.807) is 19.1 Å². The fraction of sp³-hybridized carbons (Fsp3) is 0.467. The highest BCUT2D eigenvalue weighted by atomic mass is 16.5. The van der Waals surface area contributed by atoms with E-state index in [1.165, 1.54) is 20.3 Å². The third-order valence-electron chi connectivity index (χ3n) is 3.20. The summed E-state index contributed by atoms with van der Waals surface area (Å²) in [5.41, 5.74) is 0.225. The monoisotopic (exact) mass is 293 g/mol. The maximum atomic E-state index is 12.2. The molecule has 0 aromatic heterocycles. The smallest absolute Gasteiger partial charge is 0.342 e. The van der Waals surface area contributed by atoms with Crippen molar-refractivity contribution in [3.05, 3.63) is 23.8 Å². The Hall–Kier alpha value is -2.24. The third-order valence-corrected chi connectivity index (χ3v) is 3.20. The lowest BCUT2D eigenvalue weighted by atomic mass is 10.2. The zero-order valence-electron chi connectivity index (χ0n) is 12.3. The summed E-state index contributed by atoms with van der Waals surface area (Å²) in [5, 5.41) is 2.79. The topological polar surface area (TPSA) is 73.9 Å². The van der Waals surface area contributed by atoms with Crippen molar-refractivity contribution in [1.82, 2.24) is 5.32 Å². The number of esters is 1. The van der Waals surface area contributed by atoms with Gasteiger partial charge in [-0.25, -0.2) is 4.79 Å². The van der Waals surface area contributed by atoms with Gasteiger partial charge in [-0.15, -0.1) is 0 Å². The molecule has 1 fully saturated rings. The van der Waals surface area contributed by atoms with Gasteiger partial charge >= 0.3 is 5.97 Å². The molecule has 1 aliphatic rings. The van der Waals surface area contributed by atoms with Gasteiger partial charge in [0.2, 0.25) is 0 Å². The van der Waals surface area contributed by atoms with E-state index in [2.05, 4.69) is 5.32 Å². The molecule has 1 N–H and O–H groups in total. The standard InChI is InChI=1S/C15H19NO5/c1-9(14(17)16-10-4-5-10)21-15(18)12-8-11(19-2)6-7-13(12)20-3/h6-10H,4-5H2,1-3H3,(H,16,17)/t9-/m0/s1. The Balaban J connectivity index is 2.05. The minimum absolute atomic E-state index is 0.225. The van der Waals surface area contributed by atoms with Gasteiger partial charge in [0.15, 0.2) is 6.10 Å². The molecule has 0 saturated heterocycles. The minimum Gasteiger partial charge on any atom is -0.497 e. The van der Waals surface area contributed by atoms with Gasteiger partial charge in [-0.3, -0.25) is 4.79 Å². The summed E-state index contributed by atoms with van der Waals surface area (Å²) in [5.74, 6) is -0.0228. The fourth-order valence-corrected chi connectivity index (χ4v) is 1.80. The van der Waals surface area contributed by atoms with Crippen molar-refractivity contribution in [2.45, 2.75) is 31.9 Å². The average Bonchev–Trinajstić information content (AvgIpc) is 3.30. The highest BCUT2D eigenvalue weighted by molar-refractivity contribution is 5.95. The van der Waals surface area contributed by atoms with Crippen molar-refractivity contribution in [3.8, 4) is 11.5 Å². The first-order valence-corrected chi connectivity index (χ1v) is 6.78. The van der Waals surface area contributed by atoms with Gasteiger partial charge in [0.1, 0.15) is 17.1 Å². The lowest BCUT2D eigenvalue weighted by molar-refractivity contribution is -0.129. The molecule has 0 unspecified atom stereocenters. The summed E-state index contributed by atoms with van der Waals surface area (Å²) in [7, 11) is 2.96. The number of amides is 1. The Bertz CT molecular complexity index is 539. The highest BCUT2D eigenvalue weighted by Crippen LogP contribution is 2.25. The number of hydrogen-bond donors (Lipinski definition) is 1. The predicted octanol–water partition coefficient (Wildman–Crippen LogP) is 1.53. The van der Waals surface area contributed by atoms with Crippen LogP contribution in [-0.4, -0.2) is 38.2 Å². The van der Waals surface area contributed by atoms with E-state index in [0.717, 1.165) is 12.8 Å². The van der Waals surface area contributed by atoms with Crippen molar-refractivity contribution < 1.29 is 23.8 Å². The molecular formula is C15H19NO5. The number of methoxy groups -OCH3 is 2. The molecule has 1 amide bonds. The summed E-state index contributed by atoms with van der Waals surface area (Å²) < 4.78 is 15.4. The van der Waals surface area contributed by atoms with Crippen LogP contribution in [-0.2, 0) is 9.53 Å². The largest absolute Gasteiger partial charge is 0.497 e. The van der Waals surface area contributed by atoms with Crippen molar-refractivity contribution >= 4 is 11.9 Å². The fourth-order valence-electron chi connectivity index (χ4n) is 1.80. The molecule has 6 nitrogen and oxygen atoms in total. The molecule has 0 bridgehead atoms. The van der Waals surface area contributed by atoms with Crippen molar-refractivity contribution in [2.24, 2.45) is 0 Å². The Labute approximate surface area is 123 Å². The molecular weight excluding hydrogens is 274 g/mol. The van der Waals surface area contributed by atoms with E-state index in [9.17, 15) is 9.59 Å². The van der Waals surface area contributed by atoms with Crippen molar-refractivity contribution in [3.63, 3.8) is 0 Å². The van der Waals surface area contributed by atoms with E-state index < -0.39 is 12.1 Å². The van der Waals surface area contributed by atoms with Crippen LogP contribution in [0.3, 0.4) is 0 Å². The molecule has 114 valence electrons. The molecule has 0 radical (unpaired) electrons. The van der Waals surface area contributed by atoms with E-state index in [-0.39, 0.29) is 17.5 Å². The van der Waals surface area contributed by atoms with Crippen LogP contribution >= 0.6 is 0 Å². The van der Waals surface area contributed by atoms with E-state index in [0.29, 0.717) is 11.5 Å². The van der Waals surface area contributed by atoms with Crippen LogP contribution in [0.4, 0.5) is 0 Å². The van der Waals surface area contributed by atoms with Crippen LogP contribution < -0.4 is 14.8 Å². The minimum atomic E-state index is -0.853. The molecule has 0 aliphatic heterocycles. The van der Waals surface area contributed by atoms with Crippen LogP contribution in [0.1, 0.15) is 30.1 Å². The predicted molar refractivity (Wildman–Crippen MR) is 75.6 cm³/mol. The maximum absolute atomic E-state index is 12.2. The Kier molecular flexibility index (Phi) is 4.67. The number of rotatable bonds is 6. The van der Waals surface area contributed by atoms with Crippen LogP contribution in [0.2, 0.25) is 0 Å². The van der Waals surface area contributed by atoms with Gasteiger partial charge in [-0.05, 0) is 38.0 Å². The molecule has 1 aromatic rings. The van der Waals surface area contributed by atoms with E-state index in [1.807, 2.05) is 0 Å². The van der Waals surface area contributed by atoms with E-state index >= 15 is 0 Å². The number of nitrogens with one attached hydrogen (secondary N) is 1. The van der Waals surface area contributed by atoms with Gasteiger partial charge in [0.05, 0.1) is 14.2 Å². The zero-order valence-corrected chi connectivity index (χ0v) is 12.3. The highest BCUT2D eigenvalue weighted by Gasteiger charge is 2.28. The second-order valence-electron chi connectivity index (χ2n) is 4.90. The molecule has 1 aromatic carbocycles. The summed E-state index contributed by atoms with van der Waals surface area (Å²) in [6.45, 7) is 1.54. The summed E-state index contributed by atoms with van der Waals surface area (Å²) >= 11 is 0. The lowest BCUT2D eigenvalue weighted by Gasteiger charge is -2.15. The Morgan fingerprint density at radius 3 is 2.52 bits per heavy atom. The van der Waals surface area contributed by atoms with Crippen LogP contribution in [0.15, 0.2) is 18.2 Å². The first kappa shape index (κ1) is 15.2. The molecule has 0 heterocycles. The summed E-state index contributed by atoms with van der Waals surface area (Å²) in [6, 6.07) is 5.04. The van der Waals surface area contributed by atoms with Gasteiger partial charge in [-0.1, -0.05) is 0 Å². The maximum Gasteiger partial charge on any atom is 0.342 e. The first-order chi connectivity index (χ1) is 10.0. The molecule has 1 aliphatic carbocycles. The number of carbonyl (C=O) groups is 2. The summed E-state index contributed by atoms with van der Waals surface area (Å²) in [4.78, 5) is 24.0. The SMILES string of the molecule is COc1ccc(OC)c(C(=O)O[C@@H](C)C(=O)NC2CC2)c1. The van der Waals surface area contributed by atoms with Crippen molar-refractivity contribution in [2.75, 3.05) is 14.2 Å². The number of benzene rings is 1. The molecule has 0 spiro atoms. The Morgan fingerprint density at radius 2 is 1.95 bits per heavy atom. The second kappa shape index (κ2) is 6.47. The Morgan fingerprint density at radius 1 is 1.24 bits per heavy atom. The molecule has 1 atom stereocenters. The summed E-state index contributed by atoms with van der Waals surface area (Å²) in [6.07, 6.45) is 1.11. The van der Waals surface area contributed by atoms with Gasteiger partial charge in [0, 0.05) is 6.04 Å². The number of ether oxygens (including phenoxy) is 3. The van der Waals surface area contributed by atoms with Crippen molar-refractivity contribution in [1.29, 1.82) is 0 Å². The third kappa shape index (κ3) is 3.87.